The minimum absolute atomic E-state index is 0.0533. The molecule has 3 aromatic heterocycles. The van der Waals surface area contributed by atoms with Crippen LogP contribution in [0.15, 0.2) is 36.7 Å². The zero-order valence-corrected chi connectivity index (χ0v) is 23.8. The molecule has 3 fully saturated rings. The lowest BCUT2D eigenvalue weighted by molar-refractivity contribution is -0.143. The van der Waals surface area contributed by atoms with Gasteiger partial charge in [-0.15, -0.1) is 11.3 Å². The Hall–Kier alpha value is -3.24. The zero-order valence-electron chi connectivity index (χ0n) is 23.0. The van der Waals surface area contributed by atoms with Crippen molar-refractivity contribution in [3.05, 3.63) is 41.5 Å². The summed E-state index contributed by atoms with van der Waals surface area (Å²) in [6.07, 6.45) is 3.32. The molecule has 9 nitrogen and oxygen atoms in total. The molecule has 0 spiro atoms. The number of aromatic nitrogens is 2. The first-order valence-electron chi connectivity index (χ1n) is 13.4. The number of hydrogen-bond donors (Lipinski definition) is 0. The first kappa shape index (κ1) is 26.0. The smallest absolute Gasteiger partial charge is 0.410 e. The fourth-order valence-corrected chi connectivity index (χ4v) is 7.07. The average Bonchev–Trinajstić information content (AvgIpc) is 3.26. The summed E-state index contributed by atoms with van der Waals surface area (Å²) in [5, 5.41) is 0. The number of carbonyl (C=O) groups is 3. The molecule has 0 bridgehead atoms. The molecule has 3 amide bonds. The lowest BCUT2D eigenvalue weighted by Gasteiger charge is -2.34. The molecular formula is C29H34N4O5S. The number of rotatable bonds is 5. The van der Waals surface area contributed by atoms with Crippen LogP contribution in [0.25, 0.3) is 21.5 Å². The third-order valence-corrected chi connectivity index (χ3v) is 9.11. The minimum Gasteiger partial charge on any atom is -0.444 e. The van der Waals surface area contributed by atoms with Crippen LogP contribution in [-0.4, -0.2) is 68.7 Å². The quantitative estimate of drug-likeness (QED) is 0.433. The van der Waals surface area contributed by atoms with Crippen LogP contribution in [0.4, 0.5) is 4.79 Å². The van der Waals surface area contributed by atoms with Crippen molar-refractivity contribution < 1.29 is 23.9 Å². The largest absolute Gasteiger partial charge is 0.444 e. The van der Waals surface area contributed by atoms with Gasteiger partial charge in [-0.2, -0.15) is 0 Å². The highest BCUT2D eigenvalue weighted by molar-refractivity contribution is 7.19. The summed E-state index contributed by atoms with van der Waals surface area (Å²) in [4.78, 5) is 47.0. The van der Waals surface area contributed by atoms with Crippen molar-refractivity contribution in [3.8, 4) is 11.3 Å². The van der Waals surface area contributed by atoms with Gasteiger partial charge in [0.2, 0.25) is 11.8 Å². The molecule has 39 heavy (non-hydrogen) atoms. The Kier molecular flexibility index (Phi) is 6.11. The first-order valence-corrected chi connectivity index (χ1v) is 14.2. The fraction of sp³-hybridized carbons (Fsp3) is 0.517. The molecule has 0 aromatic carbocycles. The topological polar surface area (TPSA) is 94.0 Å². The number of amides is 3. The monoisotopic (exact) mass is 550 g/mol. The van der Waals surface area contributed by atoms with E-state index < -0.39 is 5.60 Å². The van der Waals surface area contributed by atoms with E-state index in [4.69, 9.17) is 9.47 Å². The van der Waals surface area contributed by atoms with Gasteiger partial charge in [0.15, 0.2) is 0 Å². The number of pyridine rings is 1. The van der Waals surface area contributed by atoms with E-state index in [0.717, 1.165) is 26.4 Å². The van der Waals surface area contributed by atoms with E-state index in [1.54, 1.807) is 22.4 Å². The van der Waals surface area contributed by atoms with Crippen molar-refractivity contribution in [2.24, 2.45) is 17.3 Å². The minimum atomic E-state index is -0.545. The van der Waals surface area contributed by atoms with Crippen molar-refractivity contribution in [1.82, 2.24) is 19.4 Å². The summed E-state index contributed by atoms with van der Waals surface area (Å²) in [7, 11) is 0. The van der Waals surface area contributed by atoms with Gasteiger partial charge in [0, 0.05) is 35.1 Å². The number of likely N-dealkylation sites (tertiary alicyclic amines) is 1. The standard InChI is InChI=1S/C29H34N4O5S/c1-28(2,3)38-27(36)32-11-12-37-17(15-32)14-31-10-6-7-21(31)19-8-9-30-20-13-18(39-24(19)20)16-33-25(34)22-23(26(33)35)29(22,4)5/h6-10,13,17,22-23H,11-12,14-16H2,1-5H3. The Morgan fingerprint density at radius 2 is 1.95 bits per heavy atom. The summed E-state index contributed by atoms with van der Waals surface area (Å²) in [5.74, 6) is -0.459. The molecular weight excluding hydrogens is 516 g/mol. The number of piperidine rings is 1. The van der Waals surface area contributed by atoms with Crippen LogP contribution < -0.4 is 0 Å². The van der Waals surface area contributed by atoms with E-state index in [0.29, 0.717) is 32.8 Å². The number of nitrogens with zero attached hydrogens (tertiary/aromatic N) is 4. The molecule has 0 radical (unpaired) electrons. The highest BCUT2D eigenvalue weighted by Gasteiger charge is 2.72. The molecule has 1 aliphatic carbocycles. The molecule has 6 rings (SSSR count). The summed E-state index contributed by atoms with van der Waals surface area (Å²) in [5.41, 5.74) is 2.14. The molecule has 1 saturated carbocycles. The van der Waals surface area contributed by atoms with E-state index in [1.165, 1.54) is 4.90 Å². The van der Waals surface area contributed by atoms with Crippen molar-refractivity contribution >= 4 is 39.5 Å². The van der Waals surface area contributed by atoms with E-state index in [2.05, 4.69) is 15.6 Å². The second-order valence-electron chi connectivity index (χ2n) is 12.3. The number of thiophene rings is 1. The van der Waals surface area contributed by atoms with Gasteiger partial charge in [-0.3, -0.25) is 19.5 Å². The van der Waals surface area contributed by atoms with Crippen LogP contribution in [0.2, 0.25) is 0 Å². The van der Waals surface area contributed by atoms with Crippen LogP contribution >= 0.6 is 11.3 Å². The van der Waals surface area contributed by atoms with E-state index in [-0.39, 0.29) is 41.3 Å². The molecule has 2 aliphatic heterocycles. The third-order valence-electron chi connectivity index (χ3n) is 7.96. The SMILES string of the molecule is CC(C)(C)OC(=O)N1CCOC(Cn2cccc2-c2ccnc3cc(CN4C(=O)C5C(C4=O)C5(C)C)sc23)C1. The number of morpholine rings is 1. The highest BCUT2D eigenvalue weighted by Crippen LogP contribution is 2.63. The van der Waals surface area contributed by atoms with Crippen molar-refractivity contribution in [2.45, 2.75) is 59.4 Å². The number of fused-ring (bicyclic) bond motifs is 2. The Balaban J connectivity index is 1.20. The normalized spacial score (nSPS) is 24.4. The van der Waals surface area contributed by atoms with E-state index in [1.807, 2.05) is 59.0 Å². The fourth-order valence-electron chi connectivity index (χ4n) is 5.94. The van der Waals surface area contributed by atoms with Crippen LogP contribution in [0.5, 0.6) is 0 Å². The maximum atomic E-state index is 12.9. The van der Waals surface area contributed by atoms with Crippen LogP contribution in [0.1, 0.15) is 39.5 Å². The molecule has 206 valence electrons. The third kappa shape index (κ3) is 4.63. The van der Waals surface area contributed by atoms with E-state index >= 15 is 0 Å². The molecule has 3 atom stereocenters. The summed E-state index contributed by atoms with van der Waals surface area (Å²) in [6.45, 7) is 11.9. The molecule has 3 unspecified atom stereocenters. The highest BCUT2D eigenvalue weighted by atomic mass is 32.1. The van der Waals surface area contributed by atoms with Crippen molar-refractivity contribution in [3.63, 3.8) is 0 Å². The lowest BCUT2D eigenvalue weighted by Crippen LogP contribution is -2.48. The van der Waals surface area contributed by atoms with Crippen molar-refractivity contribution in [2.75, 3.05) is 19.7 Å². The van der Waals surface area contributed by atoms with Gasteiger partial charge in [0.25, 0.3) is 0 Å². The maximum absolute atomic E-state index is 12.9. The predicted octanol–water partition coefficient (Wildman–Crippen LogP) is 4.54. The van der Waals surface area contributed by atoms with Gasteiger partial charge in [-0.1, -0.05) is 13.8 Å². The number of carbonyl (C=O) groups excluding carboxylic acids is 3. The van der Waals surface area contributed by atoms with Gasteiger partial charge in [-0.05, 0) is 50.5 Å². The molecule has 3 aliphatic rings. The van der Waals surface area contributed by atoms with Gasteiger partial charge in [-0.25, -0.2) is 4.79 Å². The Bertz CT molecular complexity index is 1440. The number of hydrogen-bond acceptors (Lipinski definition) is 7. The summed E-state index contributed by atoms with van der Waals surface area (Å²) < 4.78 is 14.7. The second-order valence-corrected chi connectivity index (χ2v) is 13.4. The number of ether oxygens (including phenoxy) is 2. The molecule has 0 N–H and O–H groups in total. The molecule has 5 heterocycles. The van der Waals surface area contributed by atoms with Gasteiger partial charge in [0.05, 0.1) is 54.4 Å². The number of imide groups is 1. The van der Waals surface area contributed by atoms with Crippen LogP contribution in [0, 0.1) is 17.3 Å². The Morgan fingerprint density at radius 3 is 2.67 bits per heavy atom. The lowest BCUT2D eigenvalue weighted by atomic mass is 10.1. The van der Waals surface area contributed by atoms with Crippen LogP contribution in [0.3, 0.4) is 0 Å². The summed E-state index contributed by atoms with van der Waals surface area (Å²) >= 11 is 1.57. The molecule has 3 aromatic rings. The first-order chi connectivity index (χ1) is 18.4. The maximum Gasteiger partial charge on any atom is 0.410 e. The predicted molar refractivity (Wildman–Crippen MR) is 147 cm³/mol. The summed E-state index contributed by atoms with van der Waals surface area (Å²) in [6, 6.07) is 8.04. The van der Waals surface area contributed by atoms with Gasteiger partial charge >= 0.3 is 6.09 Å². The molecule has 2 saturated heterocycles. The van der Waals surface area contributed by atoms with Crippen LogP contribution in [-0.2, 0) is 32.2 Å². The Labute approximate surface area is 231 Å². The molecule has 10 heteroatoms. The van der Waals surface area contributed by atoms with Gasteiger partial charge in [0.1, 0.15) is 5.60 Å². The van der Waals surface area contributed by atoms with E-state index in [9.17, 15) is 14.4 Å². The average molecular weight is 551 g/mol. The zero-order chi connectivity index (χ0) is 27.7. The van der Waals surface area contributed by atoms with Crippen molar-refractivity contribution in [1.29, 1.82) is 0 Å². The Morgan fingerprint density at radius 1 is 1.21 bits per heavy atom. The second kappa shape index (κ2) is 9.16. The van der Waals surface area contributed by atoms with Gasteiger partial charge < -0.3 is 18.9 Å².